The molecular weight excluding hydrogens is 234 g/mol. The minimum atomic E-state index is -0.838. The van der Waals surface area contributed by atoms with Crippen molar-refractivity contribution in [3.05, 3.63) is 30.8 Å². The summed E-state index contributed by atoms with van der Waals surface area (Å²) in [7, 11) is 0. The Balaban J connectivity index is 5.14. The van der Waals surface area contributed by atoms with Gasteiger partial charge < -0.3 is 10.3 Å². The van der Waals surface area contributed by atoms with E-state index in [1.165, 1.54) is 6.08 Å². The first-order chi connectivity index (χ1) is 8.26. The molecule has 0 N–H and O–H groups in total. The number of hydrogen-bond donors (Lipinski definition) is 0. The molecule has 2 amide bonds. The molecule has 0 unspecified atom stereocenters. The number of hydrogen-bond acceptors (Lipinski definition) is 3. The van der Waals surface area contributed by atoms with E-state index in [2.05, 4.69) is 17.9 Å². The Hall–Kier alpha value is -2.20. The fourth-order valence-corrected chi connectivity index (χ4v) is 0.996. The largest absolute Gasteiger partial charge is 0.443 e. The highest BCUT2D eigenvalue weighted by molar-refractivity contribution is 6.42. The fraction of sp³-hybridized carbons (Fsp3) is 0.417. The van der Waals surface area contributed by atoms with Crippen molar-refractivity contribution in [2.24, 2.45) is 0 Å². The van der Waals surface area contributed by atoms with E-state index in [9.17, 15) is 9.59 Å². The smallest absolute Gasteiger partial charge is 0.417 e. The monoisotopic (exact) mass is 251 g/mol. The first kappa shape index (κ1) is 15.8. The van der Waals surface area contributed by atoms with Gasteiger partial charge >= 0.3 is 17.7 Å². The second-order valence-electron chi connectivity index (χ2n) is 4.37. The van der Waals surface area contributed by atoms with Gasteiger partial charge in [0, 0.05) is 6.08 Å². The van der Waals surface area contributed by atoms with Gasteiger partial charge in [0.2, 0.25) is 0 Å². The molecule has 0 aliphatic rings. The van der Waals surface area contributed by atoms with Crippen molar-refractivity contribution in [2.75, 3.05) is 6.54 Å². The Morgan fingerprint density at radius 1 is 1.39 bits per heavy atom. The minimum Gasteiger partial charge on any atom is -0.443 e. The van der Waals surface area contributed by atoms with Crippen LogP contribution in [0.2, 0.25) is 0 Å². The van der Waals surface area contributed by atoms with E-state index >= 15 is 0 Å². The Bertz CT molecular complexity index is 415. The molecule has 0 atom stereocenters. The van der Waals surface area contributed by atoms with Crippen LogP contribution in [-0.4, -0.2) is 39.5 Å². The first-order valence-corrected chi connectivity index (χ1v) is 5.27. The maximum absolute atomic E-state index is 11.8. The van der Waals surface area contributed by atoms with Crippen LogP contribution in [0.15, 0.2) is 25.3 Å². The van der Waals surface area contributed by atoms with Gasteiger partial charge in [0.25, 0.3) is 0 Å². The first-order valence-electron chi connectivity index (χ1n) is 5.27. The van der Waals surface area contributed by atoms with Crippen molar-refractivity contribution in [3.8, 4) is 0 Å². The number of nitrogens with zero attached hydrogens (tertiary/aromatic N) is 3. The summed E-state index contributed by atoms with van der Waals surface area (Å²) in [6.45, 7) is 11.7. The highest BCUT2D eigenvalue weighted by Gasteiger charge is 2.31. The highest BCUT2D eigenvalue weighted by Crippen LogP contribution is 2.10. The lowest BCUT2D eigenvalue weighted by molar-refractivity contribution is -0.127. The zero-order chi connectivity index (χ0) is 14.3. The van der Waals surface area contributed by atoms with Crippen molar-refractivity contribution >= 4 is 17.7 Å². The minimum absolute atomic E-state index is 0.0550. The summed E-state index contributed by atoms with van der Waals surface area (Å²) in [5.74, 6) is -0.804. The molecule has 0 rings (SSSR count). The van der Waals surface area contributed by atoms with Crippen LogP contribution in [-0.2, 0) is 9.53 Å². The third-order valence-electron chi connectivity index (χ3n) is 1.69. The highest BCUT2D eigenvalue weighted by atomic mass is 16.6. The van der Waals surface area contributed by atoms with E-state index in [0.717, 1.165) is 11.0 Å². The lowest BCUT2D eigenvalue weighted by atomic mass is 10.2. The van der Waals surface area contributed by atoms with Gasteiger partial charge in [-0.05, 0) is 20.8 Å². The molecule has 0 radical (unpaired) electrons. The van der Waals surface area contributed by atoms with Crippen LogP contribution in [0.5, 0.6) is 0 Å². The molecule has 0 aliphatic carbocycles. The molecular formula is C12H17N3O3. The zero-order valence-corrected chi connectivity index (χ0v) is 10.8. The SMILES string of the molecule is C=CCN(C(=O)OC(C)(C)C)C(=O)C(C=C)=[N+]=[N-]. The van der Waals surface area contributed by atoms with Crippen LogP contribution in [0, 0.1) is 0 Å². The molecule has 18 heavy (non-hydrogen) atoms. The fourth-order valence-electron chi connectivity index (χ4n) is 0.996. The van der Waals surface area contributed by atoms with E-state index in [1.54, 1.807) is 20.8 Å². The lowest BCUT2D eigenvalue weighted by Gasteiger charge is -2.24. The molecule has 0 fully saturated rings. The second-order valence-corrected chi connectivity index (χ2v) is 4.37. The average molecular weight is 251 g/mol. The van der Waals surface area contributed by atoms with Gasteiger partial charge in [0.05, 0.1) is 6.54 Å². The van der Waals surface area contributed by atoms with Gasteiger partial charge in [-0.1, -0.05) is 12.7 Å². The summed E-state index contributed by atoms with van der Waals surface area (Å²) in [6, 6.07) is 0. The Labute approximate surface area is 106 Å². The summed E-state index contributed by atoms with van der Waals surface area (Å²) >= 11 is 0. The number of rotatable bonds is 4. The van der Waals surface area contributed by atoms with E-state index in [0.29, 0.717) is 0 Å². The van der Waals surface area contributed by atoms with Crippen LogP contribution in [0.4, 0.5) is 4.79 Å². The number of imide groups is 1. The predicted octanol–water partition coefficient (Wildman–Crippen LogP) is 1.79. The van der Waals surface area contributed by atoms with Crippen LogP contribution in [0.1, 0.15) is 20.8 Å². The van der Waals surface area contributed by atoms with Gasteiger partial charge in [0.15, 0.2) is 0 Å². The lowest BCUT2D eigenvalue weighted by Crippen LogP contribution is -2.44. The average Bonchev–Trinajstić information content (AvgIpc) is 2.24. The summed E-state index contributed by atoms with van der Waals surface area (Å²) in [5.41, 5.74) is 7.54. The second kappa shape index (κ2) is 6.51. The zero-order valence-electron chi connectivity index (χ0n) is 10.8. The molecule has 6 nitrogen and oxygen atoms in total. The normalized spacial score (nSPS) is 9.94. The number of ether oxygens (including phenoxy) is 1. The summed E-state index contributed by atoms with van der Waals surface area (Å²) in [6.07, 6.45) is 1.57. The van der Waals surface area contributed by atoms with Crippen LogP contribution < -0.4 is 0 Å². The molecule has 0 saturated carbocycles. The van der Waals surface area contributed by atoms with Crippen molar-refractivity contribution < 1.29 is 19.1 Å². The third kappa shape index (κ3) is 4.76. The van der Waals surface area contributed by atoms with E-state index in [1.807, 2.05) is 0 Å². The number of carbonyl (C=O) groups excluding carboxylic acids is 2. The van der Waals surface area contributed by atoms with Gasteiger partial charge in [-0.3, -0.25) is 4.79 Å². The number of carbonyl (C=O) groups is 2. The van der Waals surface area contributed by atoms with Gasteiger partial charge in [-0.2, -0.15) is 4.79 Å². The summed E-state index contributed by atoms with van der Waals surface area (Å²) in [4.78, 5) is 27.2. The Morgan fingerprint density at radius 2 is 1.94 bits per heavy atom. The molecule has 0 aromatic carbocycles. The summed E-state index contributed by atoms with van der Waals surface area (Å²) in [5, 5.41) is 0. The van der Waals surface area contributed by atoms with Crippen molar-refractivity contribution in [1.82, 2.24) is 4.90 Å². The molecule has 0 aromatic rings. The van der Waals surface area contributed by atoms with Crippen LogP contribution >= 0.6 is 0 Å². The maximum atomic E-state index is 11.8. The third-order valence-corrected chi connectivity index (χ3v) is 1.69. The molecule has 0 bridgehead atoms. The van der Waals surface area contributed by atoms with Crippen molar-refractivity contribution in [2.45, 2.75) is 26.4 Å². The molecule has 0 heterocycles. The molecule has 98 valence electrons. The number of amides is 2. The maximum Gasteiger partial charge on any atom is 0.417 e. The van der Waals surface area contributed by atoms with E-state index in [-0.39, 0.29) is 12.3 Å². The van der Waals surface area contributed by atoms with Crippen LogP contribution in [0.3, 0.4) is 0 Å². The molecule has 6 heteroatoms. The van der Waals surface area contributed by atoms with E-state index < -0.39 is 17.6 Å². The summed E-state index contributed by atoms with van der Waals surface area (Å²) < 4.78 is 5.06. The topological polar surface area (TPSA) is 83.0 Å². The van der Waals surface area contributed by atoms with Gasteiger partial charge in [0.1, 0.15) is 5.60 Å². The van der Waals surface area contributed by atoms with Crippen molar-refractivity contribution in [3.63, 3.8) is 0 Å². The predicted molar refractivity (Wildman–Crippen MR) is 67.0 cm³/mol. The molecule has 0 aromatic heterocycles. The van der Waals surface area contributed by atoms with Gasteiger partial charge in [-0.25, -0.2) is 9.69 Å². The quantitative estimate of drug-likeness (QED) is 0.330. The van der Waals surface area contributed by atoms with E-state index in [4.69, 9.17) is 10.3 Å². The standard InChI is InChI=1S/C12H17N3O3/c1-6-8-15(10(16)9(7-2)14-13)11(17)18-12(3,4)5/h6-7H,1-2,8H2,3-5H3. The molecule has 0 spiro atoms. The molecule has 0 saturated heterocycles. The van der Waals surface area contributed by atoms with Crippen LogP contribution in [0.25, 0.3) is 5.53 Å². The Morgan fingerprint density at radius 3 is 2.28 bits per heavy atom. The Kier molecular flexibility index (Phi) is 5.72. The molecule has 0 aliphatic heterocycles. The van der Waals surface area contributed by atoms with Gasteiger partial charge in [-0.15, -0.1) is 6.58 Å². The van der Waals surface area contributed by atoms with Crippen molar-refractivity contribution in [1.29, 1.82) is 0 Å².